The molecule has 6 heteroatoms. The fraction of sp³-hybridized carbons (Fsp3) is 0.429. The van der Waals surface area contributed by atoms with Crippen molar-refractivity contribution in [2.24, 2.45) is 10.2 Å². The topological polar surface area (TPSA) is 82.9 Å². The van der Waals surface area contributed by atoms with Gasteiger partial charge in [-0.1, -0.05) is 60.7 Å². The van der Waals surface area contributed by atoms with E-state index < -0.39 is 0 Å². The molecule has 0 aliphatic heterocycles. The molecule has 2 aliphatic carbocycles. The molecular weight excluding hydrogens is 424 g/mol. The lowest BCUT2D eigenvalue weighted by molar-refractivity contribution is -0.126. The van der Waals surface area contributed by atoms with Gasteiger partial charge in [-0.3, -0.25) is 9.59 Å². The number of hydrogen-bond acceptors (Lipinski definition) is 4. The summed E-state index contributed by atoms with van der Waals surface area (Å²) in [7, 11) is 0. The number of hydrazone groups is 2. The van der Waals surface area contributed by atoms with E-state index in [2.05, 4.69) is 69.6 Å². The summed E-state index contributed by atoms with van der Waals surface area (Å²) in [4.78, 5) is 24.2. The quantitative estimate of drug-likeness (QED) is 0.543. The second-order valence-electron chi connectivity index (χ2n) is 9.30. The maximum absolute atomic E-state index is 12.1. The molecule has 34 heavy (non-hydrogen) atoms. The monoisotopic (exact) mass is 458 g/mol. The summed E-state index contributed by atoms with van der Waals surface area (Å²) in [5.74, 6) is 0.664. The third-order valence-electron chi connectivity index (χ3n) is 6.92. The molecule has 2 aliphatic rings. The second-order valence-corrected chi connectivity index (χ2v) is 9.30. The molecule has 0 radical (unpaired) electrons. The number of amides is 2. The minimum Gasteiger partial charge on any atom is -0.273 e. The van der Waals surface area contributed by atoms with Crippen molar-refractivity contribution < 1.29 is 9.59 Å². The predicted octanol–water partition coefficient (Wildman–Crippen LogP) is 5.43. The number of hydrogen-bond donors (Lipinski definition) is 2. The van der Waals surface area contributed by atoms with Crippen LogP contribution in [0.4, 0.5) is 0 Å². The zero-order valence-corrected chi connectivity index (χ0v) is 19.7. The van der Waals surface area contributed by atoms with Gasteiger partial charge in [0.05, 0.1) is 0 Å². The van der Waals surface area contributed by atoms with Gasteiger partial charge in [0.25, 0.3) is 0 Å². The van der Waals surface area contributed by atoms with Crippen molar-refractivity contribution in [1.82, 2.24) is 10.9 Å². The summed E-state index contributed by atoms with van der Waals surface area (Å²) in [6.07, 6.45) is 7.98. The highest BCUT2D eigenvalue weighted by atomic mass is 16.2. The number of carbonyl (C=O) groups excluding carboxylic acids is 2. The molecule has 0 saturated heterocycles. The Balaban J connectivity index is 1.11. The van der Waals surface area contributed by atoms with Crippen LogP contribution in [0.25, 0.3) is 0 Å². The highest BCUT2D eigenvalue weighted by molar-refractivity contribution is 5.89. The van der Waals surface area contributed by atoms with Crippen LogP contribution in [-0.4, -0.2) is 23.2 Å². The number of nitrogens with zero attached hydrogens (tertiary/aromatic N) is 2. The van der Waals surface area contributed by atoms with E-state index in [9.17, 15) is 9.59 Å². The van der Waals surface area contributed by atoms with Crippen LogP contribution in [0.3, 0.4) is 0 Å². The molecule has 2 saturated carbocycles. The highest BCUT2D eigenvalue weighted by Gasteiger charge is 2.20. The molecule has 2 aromatic carbocycles. The lowest BCUT2D eigenvalue weighted by Gasteiger charge is -2.23. The average Bonchev–Trinajstić information content (AvgIpc) is 2.91. The van der Waals surface area contributed by atoms with Crippen LogP contribution in [0.1, 0.15) is 87.2 Å². The van der Waals surface area contributed by atoms with Crippen molar-refractivity contribution in [2.75, 3.05) is 0 Å². The minimum absolute atomic E-state index is 0.107. The first kappa shape index (κ1) is 23.9. The summed E-state index contributed by atoms with van der Waals surface area (Å²) in [6.45, 7) is 0. The minimum atomic E-state index is -0.233. The zero-order valence-electron chi connectivity index (χ0n) is 19.7. The Labute approximate surface area is 201 Å². The van der Waals surface area contributed by atoms with Crippen molar-refractivity contribution in [2.45, 2.75) is 76.0 Å². The van der Waals surface area contributed by atoms with E-state index in [0.29, 0.717) is 11.8 Å². The van der Waals surface area contributed by atoms with Gasteiger partial charge in [-0.25, -0.2) is 10.9 Å². The summed E-state index contributed by atoms with van der Waals surface area (Å²) < 4.78 is 0. The Bertz CT molecular complexity index is 914. The average molecular weight is 459 g/mol. The van der Waals surface area contributed by atoms with E-state index in [1.54, 1.807) is 0 Å². The van der Waals surface area contributed by atoms with Crippen molar-refractivity contribution >= 4 is 23.2 Å². The van der Waals surface area contributed by atoms with Crippen LogP contribution in [-0.2, 0) is 9.59 Å². The van der Waals surface area contributed by atoms with Crippen LogP contribution < -0.4 is 10.9 Å². The molecule has 2 aromatic rings. The lowest BCUT2D eigenvalue weighted by atomic mass is 9.83. The van der Waals surface area contributed by atoms with E-state index >= 15 is 0 Å². The van der Waals surface area contributed by atoms with Gasteiger partial charge in [0, 0.05) is 24.3 Å². The maximum atomic E-state index is 12.1. The van der Waals surface area contributed by atoms with E-state index in [0.717, 1.165) is 62.8 Å². The Hall–Kier alpha value is -3.28. The fourth-order valence-corrected chi connectivity index (χ4v) is 4.86. The van der Waals surface area contributed by atoms with E-state index in [1.807, 2.05) is 12.1 Å². The van der Waals surface area contributed by atoms with E-state index in [4.69, 9.17) is 0 Å². The van der Waals surface area contributed by atoms with Gasteiger partial charge < -0.3 is 0 Å². The maximum Gasteiger partial charge on any atom is 0.240 e. The van der Waals surface area contributed by atoms with Crippen LogP contribution >= 0.6 is 0 Å². The van der Waals surface area contributed by atoms with Gasteiger partial charge in [-0.2, -0.15) is 10.2 Å². The first-order valence-corrected chi connectivity index (χ1v) is 12.5. The molecule has 4 rings (SSSR count). The fourth-order valence-electron chi connectivity index (χ4n) is 4.86. The molecule has 2 amide bonds. The standard InChI is InChI=1S/C28H34N4O2/c33-27(31-29-25-15-11-23(12-16-25)21-7-3-1-4-8-21)19-20-28(34)32-30-26-17-13-24(14-18-26)22-9-5-2-6-10-22/h1-10,23-24H,11-20H2,(H,31,33)(H,32,34). The van der Waals surface area contributed by atoms with Gasteiger partial charge in [-0.05, 0) is 74.3 Å². The van der Waals surface area contributed by atoms with Crippen molar-refractivity contribution in [3.8, 4) is 0 Å². The van der Waals surface area contributed by atoms with Crippen molar-refractivity contribution in [3.63, 3.8) is 0 Å². The molecule has 2 N–H and O–H groups in total. The van der Waals surface area contributed by atoms with Crippen molar-refractivity contribution in [3.05, 3.63) is 71.8 Å². The van der Waals surface area contributed by atoms with Gasteiger partial charge in [0.2, 0.25) is 11.8 Å². The summed E-state index contributed by atoms with van der Waals surface area (Å²) in [5.41, 5.74) is 10.1. The third kappa shape index (κ3) is 7.11. The molecule has 0 bridgehead atoms. The third-order valence-corrected chi connectivity index (χ3v) is 6.92. The van der Waals surface area contributed by atoms with E-state index in [1.165, 1.54) is 11.1 Å². The first-order valence-electron chi connectivity index (χ1n) is 12.5. The van der Waals surface area contributed by atoms with Crippen molar-refractivity contribution in [1.29, 1.82) is 0 Å². The molecule has 0 aromatic heterocycles. The molecule has 178 valence electrons. The lowest BCUT2D eigenvalue weighted by Crippen LogP contribution is -2.25. The van der Waals surface area contributed by atoms with Crippen LogP contribution in [0.15, 0.2) is 70.9 Å². The molecular formula is C28H34N4O2. The van der Waals surface area contributed by atoms with Gasteiger partial charge in [0.1, 0.15) is 0 Å². The number of rotatable bonds is 7. The molecule has 0 spiro atoms. The Kier molecular flexibility index (Phi) is 8.60. The second kappa shape index (κ2) is 12.3. The highest BCUT2D eigenvalue weighted by Crippen LogP contribution is 2.32. The molecule has 0 heterocycles. The SMILES string of the molecule is O=C(CCC(=O)NN=C1CCC(c2ccccc2)CC1)NN=C1CCC(c2ccccc2)CC1. The Morgan fingerprint density at radius 1 is 0.618 bits per heavy atom. The first-order chi connectivity index (χ1) is 16.7. The molecule has 2 fully saturated rings. The smallest absolute Gasteiger partial charge is 0.240 e. The number of benzene rings is 2. The zero-order chi connectivity index (χ0) is 23.6. The predicted molar refractivity (Wildman–Crippen MR) is 136 cm³/mol. The molecule has 6 nitrogen and oxygen atoms in total. The van der Waals surface area contributed by atoms with Gasteiger partial charge in [-0.15, -0.1) is 0 Å². The normalized spacial score (nSPS) is 20.4. The van der Waals surface area contributed by atoms with E-state index in [-0.39, 0.29) is 24.7 Å². The summed E-state index contributed by atoms with van der Waals surface area (Å²) in [5, 5.41) is 8.60. The number of nitrogens with one attached hydrogen (secondary N) is 2. The van der Waals surface area contributed by atoms with Crippen LogP contribution in [0.5, 0.6) is 0 Å². The van der Waals surface area contributed by atoms with Crippen LogP contribution in [0.2, 0.25) is 0 Å². The van der Waals surface area contributed by atoms with Gasteiger partial charge >= 0.3 is 0 Å². The Morgan fingerprint density at radius 2 is 0.971 bits per heavy atom. The summed E-state index contributed by atoms with van der Waals surface area (Å²) in [6, 6.07) is 21.1. The molecule has 0 unspecified atom stereocenters. The van der Waals surface area contributed by atoms with Crippen LogP contribution in [0, 0.1) is 0 Å². The number of carbonyl (C=O) groups is 2. The Morgan fingerprint density at radius 3 is 1.32 bits per heavy atom. The largest absolute Gasteiger partial charge is 0.273 e. The molecule has 0 atom stereocenters. The van der Waals surface area contributed by atoms with Gasteiger partial charge in [0.15, 0.2) is 0 Å². The summed E-state index contributed by atoms with van der Waals surface area (Å²) >= 11 is 0.